The Kier molecular flexibility index (Phi) is 1.80. The summed E-state index contributed by atoms with van der Waals surface area (Å²) in [6, 6.07) is 0.903. The fourth-order valence-corrected chi connectivity index (χ4v) is 0.656. The van der Waals surface area contributed by atoms with Gasteiger partial charge in [0.2, 0.25) is 0 Å². The van der Waals surface area contributed by atoms with Crippen molar-refractivity contribution in [3.63, 3.8) is 0 Å². The van der Waals surface area contributed by atoms with Crippen molar-refractivity contribution >= 4 is 0 Å². The van der Waals surface area contributed by atoms with Gasteiger partial charge in [-0.05, 0) is 0 Å². The van der Waals surface area contributed by atoms with E-state index in [0.29, 0.717) is 0 Å². The number of nitrogens with one attached hydrogen (secondary N) is 1. The van der Waals surface area contributed by atoms with E-state index >= 15 is 0 Å². The first-order valence-corrected chi connectivity index (χ1v) is 2.83. The van der Waals surface area contributed by atoms with Crippen LogP contribution in [-0.2, 0) is 6.18 Å². The maximum atomic E-state index is 11.9. The smallest absolute Gasteiger partial charge is 0.431 e. The van der Waals surface area contributed by atoms with E-state index in [9.17, 15) is 13.2 Å². The fraction of sp³-hybridized carbons (Fsp3) is 0.333. The molecular formula is C6H6F3NO. The molecule has 5 heteroatoms. The van der Waals surface area contributed by atoms with Gasteiger partial charge < -0.3 is 9.72 Å². The van der Waals surface area contributed by atoms with E-state index in [4.69, 9.17) is 0 Å². The zero-order valence-electron chi connectivity index (χ0n) is 5.70. The molecule has 0 unspecified atom stereocenters. The third-order valence-corrected chi connectivity index (χ3v) is 1.20. The number of aromatic amines is 1. The minimum absolute atomic E-state index is 0.178. The third-order valence-electron chi connectivity index (χ3n) is 1.20. The molecule has 1 N–H and O–H groups in total. The molecule has 0 aliphatic heterocycles. The van der Waals surface area contributed by atoms with Crippen LogP contribution >= 0.6 is 0 Å². The van der Waals surface area contributed by atoms with Crippen LogP contribution in [0.15, 0.2) is 12.3 Å². The first kappa shape index (κ1) is 7.97. The normalized spacial score (nSPS) is 11.6. The van der Waals surface area contributed by atoms with Crippen molar-refractivity contribution in [2.45, 2.75) is 6.18 Å². The number of halogens is 3. The van der Waals surface area contributed by atoms with Gasteiger partial charge in [0.1, 0.15) is 11.4 Å². The second kappa shape index (κ2) is 2.48. The van der Waals surface area contributed by atoms with Crippen molar-refractivity contribution in [2.75, 3.05) is 7.11 Å². The zero-order valence-corrected chi connectivity index (χ0v) is 5.70. The lowest BCUT2D eigenvalue weighted by atomic mass is 10.4. The van der Waals surface area contributed by atoms with E-state index in [1.165, 1.54) is 7.11 Å². The Balaban J connectivity index is 2.89. The van der Waals surface area contributed by atoms with E-state index < -0.39 is 11.9 Å². The topological polar surface area (TPSA) is 25.0 Å². The molecule has 11 heavy (non-hydrogen) atoms. The highest BCUT2D eigenvalue weighted by Crippen LogP contribution is 2.30. The Morgan fingerprint density at radius 1 is 1.45 bits per heavy atom. The summed E-state index contributed by atoms with van der Waals surface area (Å²) in [5.74, 6) is 0.178. The molecule has 0 radical (unpaired) electrons. The van der Waals surface area contributed by atoms with Crippen molar-refractivity contribution in [3.8, 4) is 5.75 Å². The van der Waals surface area contributed by atoms with E-state index in [1.807, 2.05) is 4.98 Å². The van der Waals surface area contributed by atoms with Crippen LogP contribution in [0.2, 0.25) is 0 Å². The quantitative estimate of drug-likeness (QED) is 0.676. The van der Waals surface area contributed by atoms with Crippen LogP contribution in [0, 0.1) is 0 Å². The van der Waals surface area contributed by atoms with Crippen molar-refractivity contribution in [3.05, 3.63) is 18.0 Å². The summed E-state index contributed by atoms with van der Waals surface area (Å²) >= 11 is 0. The Hall–Kier alpha value is -1.13. The van der Waals surface area contributed by atoms with Crippen LogP contribution in [0.3, 0.4) is 0 Å². The van der Waals surface area contributed by atoms with Crippen LogP contribution in [0.25, 0.3) is 0 Å². The molecule has 0 aliphatic rings. The Labute approximate surface area is 61.0 Å². The standard InChI is InChI=1S/C6H6F3NO/c1-11-4-2-5(10-3-4)6(7,8)9/h2-3,10H,1H3. The lowest BCUT2D eigenvalue weighted by Gasteiger charge is -2.00. The van der Waals surface area contributed by atoms with Crippen molar-refractivity contribution < 1.29 is 17.9 Å². The largest absolute Gasteiger partial charge is 0.495 e. The lowest BCUT2D eigenvalue weighted by Crippen LogP contribution is -2.04. The third kappa shape index (κ3) is 1.66. The average Bonchev–Trinajstić information content (AvgIpc) is 2.32. The molecule has 2 nitrogen and oxygen atoms in total. The molecule has 0 saturated heterocycles. The fourth-order valence-electron chi connectivity index (χ4n) is 0.656. The van der Waals surface area contributed by atoms with Gasteiger partial charge in [-0.25, -0.2) is 0 Å². The molecule has 0 spiro atoms. The second-order valence-corrected chi connectivity index (χ2v) is 1.95. The number of methoxy groups -OCH3 is 1. The first-order chi connectivity index (χ1) is 5.04. The minimum Gasteiger partial charge on any atom is -0.495 e. The lowest BCUT2D eigenvalue weighted by molar-refractivity contribution is -0.140. The van der Waals surface area contributed by atoms with Gasteiger partial charge in [-0.2, -0.15) is 13.2 Å². The van der Waals surface area contributed by atoms with Crippen molar-refractivity contribution in [1.82, 2.24) is 4.98 Å². The summed E-state index contributed by atoms with van der Waals surface area (Å²) in [6.45, 7) is 0. The first-order valence-electron chi connectivity index (χ1n) is 2.83. The number of aromatic nitrogens is 1. The molecule has 1 aromatic rings. The van der Waals surface area contributed by atoms with Gasteiger partial charge >= 0.3 is 6.18 Å². The highest BCUT2D eigenvalue weighted by molar-refractivity contribution is 5.24. The van der Waals surface area contributed by atoms with Crippen LogP contribution in [0.1, 0.15) is 5.69 Å². The minimum atomic E-state index is -4.32. The molecule has 0 saturated carbocycles. The van der Waals surface area contributed by atoms with E-state index in [2.05, 4.69) is 4.74 Å². The van der Waals surface area contributed by atoms with Gasteiger partial charge in [0, 0.05) is 12.3 Å². The summed E-state index contributed by atoms with van der Waals surface area (Å²) in [4.78, 5) is 2.05. The van der Waals surface area contributed by atoms with Crippen LogP contribution in [0.4, 0.5) is 13.2 Å². The van der Waals surface area contributed by atoms with Gasteiger partial charge in [-0.1, -0.05) is 0 Å². The van der Waals surface area contributed by atoms with E-state index in [-0.39, 0.29) is 5.75 Å². The maximum absolute atomic E-state index is 11.9. The van der Waals surface area contributed by atoms with Gasteiger partial charge in [-0.15, -0.1) is 0 Å². The summed E-state index contributed by atoms with van der Waals surface area (Å²) in [6.07, 6.45) is -3.17. The summed E-state index contributed by atoms with van der Waals surface area (Å²) in [7, 11) is 1.31. The van der Waals surface area contributed by atoms with Crippen molar-refractivity contribution in [1.29, 1.82) is 0 Å². The SMILES string of the molecule is COc1c[nH]c(C(F)(F)F)c1. The molecule has 1 rings (SSSR count). The van der Waals surface area contributed by atoms with Crippen LogP contribution in [-0.4, -0.2) is 12.1 Å². The van der Waals surface area contributed by atoms with Crippen molar-refractivity contribution in [2.24, 2.45) is 0 Å². The predicted octanol–water partition coefficient (Wildman–Crippen LogP) is 2.04. The highest BCUT2D eigenvalue weighted by atomic mass is 19.4. The average molecular weight is 165 g/mol. The molecule has 1 heterocycles. The number of rotatable bonds is 1. The summed E-state index contributed by atoms with van der Waals surface area (Å²) in [5.41, 5.74) is -0.797. The highest BCUT2D eigenvalue weighted by Gasteiger charge is 2.32. The van der Waals surface area contributed by atoms with Gasteiger partial charge in [-0.3, -0.25) is 0 Å². The zero-order chi connectivity index (χ0) is 8.48. The molecule has 0 amide bonds. The second-order valence-electron chi connectivity index (χ2n) is 1.95. The molecule has 0 atom stereocenters. The molecule has 62 valence electrons. The molecule has 0 aromatic carbocycles. The summed E-state index contributed by atoms with van der Waals surface area (Å²) < 4.78 is 40.1. The van der Waals surface area contributed by atoms with Gasteiger partial charge in [0.15, 0.2) is 0 Å². The number of hydrogen-bond donors (Lipinski definition) is 1. The van der Waals surface area contributed by atoms with Crippen LogP contribution < -0.4 is 4.74 Å². The number of alkyl halides is 3. The molecule has 1 aromatic heterocycles. The molecule has 0 aliphatic carbocycles. The maximum Gasteiger partial charge on any atom is 0.431 e. The summed E-state index contributed by atoms with van der Waals surface area (Å²) in [5, 5.41) is 0. The Bertz CT molecular complexity index is 240. The number of ether oxygens (including phenoxy) is 1. The number of H-pyrrole nitrogens is 1. The van der Waals surface area contributed by atoms with Gasteiger partial charge in [0.05, 0.1) is 7.11 Å². The Morgan fingerprint density at radius 2 is 2.09 bits per heavy atom. The Morgan fingerprint density at radius 3 is 2.36 bits per heavy atom. The van der Waals surface area contributed by atoms with E-state index in [0.717, 1.165) is 12.3 Å². The molecule has 0 fully saturated rings. The number of hydrogen-bond acceptors (Lipinski definition) is 1. The monoisotopic (exact) mass is 165 g/mol. The van der Waals surface area contributed by atoms with Gasteiger partial charge in [0.25, 0.3) is 0 Å². The molecule has 0 bridgehead atoms. The molecular weight excluding hydrogens is 159 g/mol. The van der Waals surface area contributed by atoms with Crippen LogP contribution in [0.5, 0.6) is 5.75 Å². The van der Waals surface area contributed by atoms with E-state index in [1.54, 1.807) is 0 Å². The predicted molar refractivity (Wildman–Crippen MR) is 32.3 cm³/mol.